The molecular formula is C17H28FNO. The van der Waals surface area contributed by atoms with E-state index in [0.717, 1.165) is 12.8 Å². The number of hydrogen-bond acceptors (Lipinski definition) is 2. The van der Waals surface area contributed by atoms with E-state index in [2.05, 4.69) is 27.7 Å². The first-order valence-electron chi connectivity index (χ1n) is 7.30. The van der Waals surface area contributed by atoms with Gasteiger partial charge in [-0.05, 0) is 42.2 Å². The zero-order valence-corrected chi connectivity index (χ0v) is 13.4. The van der Waals surface area contributed by atoms with Crippen LogP contribution in [-0.2, 0) is 6.42 Å². The lowest BCUT2D eigenvalue weighted by Gasteiger charge is -2.25. The summed E-state index contributed by atoms with van der Waals surface area (Å²) < 4.78 is 19.1. The van der Waals surface area contributed by atoms with Gasteiger partial charge >= 0.3 is 0 Å². The van der Waals surface area contributed by atoms with Crippen LogP contribution in [0.15, 0.2) is 18.2 Å². The number of rotatable bonds is 6. The molecule has 2 nitrogen and oxygen atoms in total. The number of nitrogens with two attached hydrogens (primary N) is 1. The maximum absolute atomic E-state index is 14.1. The number of halogens is 1. The van der Waals surface area contributed by atoms with Crippen LogP contribution in [-0.4, -0.2) is 13.2 Å². The Balaban J connectivity index is 2.60. The van der Waals surface area contributed by atoms with E-state index in [0.29, 0.717) is 23.3 Å². The van der Waals surface area contributed by atoms with Crippen molar-refractivity contribution in [3.05, 3.63) is 29.6 Å². The third-order valence-electron chi connectivity index (χ3n) is 3.41. The van der Waals surface area contributed by atoms with Crippen LogP contribution in [0.4, 0.5) is 4.39 Å². The number of ether oxygens (including phenoxy) is 1. The van der Waals surface area contributed by atoms with Crippen molar-refractivity contribution in [2.75, 3.05) is 7.11 Å². The van der Waals surface area contributed by atoms with Crippen LogP contribution >= 0.6 is 0 Å². The van der Waals surface area contributed by atoms with Crippen LogP contribution < -0.4 is 10.5 Å². The van der Waals surface area contributed by atoms with Gasteiger partial charge in [0.2, 0.25) is 0 Å². The summed E-state index contributed by atoms with van der Waals surface area (Å²) in [6.07, 6.45) is 2.59. The predicted molar refractivity (Wildman–Crippen MR) is 82.5 cm³/mol. The lowest BCUT2D eigenvalue weighted by Crippen LogP contribution is -2.27. The molecule has 0 fully saturated rings. The Labute approximate surface area is 122 Å². The summed E-state index contributed by atoms with van der Waals surface area (Å²) >= 11 is 0. The maximum atomic E-state index is 14.1. The third kappa shape index (κ3) is 5.49. The molecule has 0 radical (unpaired) electrons. The highest BCUT2D eigenvalue weighted by Crippen LogP contribution is 2.27. The average molecular weight is 281 g/mol. The predicted octanol–water partition coefficient (Wildman–Crippen LogP) is 4.17. The average Bonchev–Trinajstić information content (AvgIpc) is 2.29. The SMILES string of the molecule is COc1cccc(CC(N)CC(C)CC(C)(C)C)c1F. The Bertz CT molecular complexity index is 425. The minimum Gasteiger partial charge on any atom is -0.494 e. The second-order valence-corrected chi connectivity index (χ2v) is 7.00. The van der Waals surface area contributed by atoms with Crippen LogP contribution in [0.1, 0.15) is 46.1 Å². The normalized spacial score (nSPS) is 14.9. The van der Waals surface area contributed by atoms with Crippen molar-refractivity contribution in [3.63, 3.8) is 0 Å². The molecule has 114 valence electrons. The Kier molecular flexibility index (Phi) is 6.00. The van der Waals surface area contributed by atoms with Crippen LogP contribution in [0.3, 0.4) is 0 Å². The number of methoxy groups -OCH3 is 1. The van der Waals surface area contributed by atoms with Crippen molar-refractivity contribution in [1.29, 1.82) is 0 Å². The van der Waals surface area contributed by atoms with Gasteiger partial charge in [0.1, 0.15) is 0 Å². The van der Waals surface area contributed by atoms with Crippen LogP contribution in [0.5, 0.6) is 5.75 Å². The molecule has 0 bridgehead atoms. The molecule has 2 unspecified atom stereocenters. The van der Waals surface area contributed by atoms with Gasteiger partial charge < -0.3 is 10.5 Å². The number of benzene rings is 1. The molecule has 0 aromatic heterocycles. The molecule has 3 heteroatoms. The molecule has 0 aliphatic carbocycles. The lowest BCUT2D eigenvalue weighted by atomic mass is 9.82. The van der Waals surface area contributed by atoms with Crippen molar-refractivity contribution in [2.24, 2.45) is 17.1 Å². The van der Waals surface area contributed by atoms with E-state index in [1.807, 2.05) is 6.07 Å². The standard InChI is InChI=1S/C17H28FNO/c1-12(11-17(2,3)4)9-14(19)10-13-7-6-8-15(20-5)16(13)18/h6-8,12,14H,9-11,19H2,1-5H3. The smallest absolute Gasteiger partial charge is 0.168 e. The quantitative estimate of drug-likeness (QED) is 0.849. The Morgan fingerprint density at radius 2 is 1.95 bits per heavy atom. The summed E-state index contributed by atoms with van der Waals surface area (Å²) in [5.41, 5.74) is 7.12. The zero-order valence-electron chi connectivity index (χ0n) is 13.4. The Morgan fingerprint density at radius 1 is 1.30 bits per heavy atom. The molecular weight excluding hydrogens is 253 g/mol. The zero-order chi connectivity index (χ0) is 15.3. The molecule has 0 saturated carbocycles. The van der Waals surface area contributed by atoms with Crippen LogP contribution in [0.2, 0.25) is 0 Å². The summed E-state index contributed by atoms with van der Waals surface area (Å²) in [5.74, 6) is 0.546. The molecule has 2 N–H and O–H groups in total. The largest absolute Gasteiger partial charge is 0.494 e. The van der Waals surface area contributed by atoms with E-state index in [4.69, 9.17) is 10.5 Å². The molecule has 0 spiro atoms. The first-order valence-corrected chi connectivity index (χ1v) is 7.30. The molecule has 0 saturated heterocycles. The van der Waals surface area contributed by atoms with Gasteiger partial charge in [-0.25, -0.2) is 4.39 Å². The second-order valence-electron chi connectivity index (χ2n) is 7.00. The minimum absolute atomic E-state index is 0.0195. The van der Waals surface area contributed by atoms with Crippen molar-refractivity contribution in [3.8, 4) is 5.75 Å². The molecule has 1 aromatic rings. The van der Waals surface area contributed by atoms with Gasteiger partial charge in [-0.15, -0.1) is 0 Å². The van der Waals surface area contributed by atoms with Crippen molar-refractivity contribution >= 4 is 0 Å². The fourth-order valence-corrected chi connectivity index (χ4v) is 2.88. The van der Waals surface area contributed by atoms with Crippen molar-refractivity contribution < 1.29 is 9.13 Å². The highest BCUT2D eigenvalue weighted by atomic mass is 19.1. The van der Waals surface area contributed by atoms with Crippen LogP contribution in [0, 0.1) is 17.2 Å². The lowest BCUT2D eigenvalue weighted by molar-refractivity contribution is 0.284. The van der Waals surface area contributed by atoms with Gasteiger partial charge in [0.15, 0.2) is 11.6 Å². The molecule has 0 amide bonds. The van der Waals surface area contributed by atoms with Gasteiger partial charge in [0.05, 0.1) is 7.11 Å². The minimum atomic E-state index is -0.283. The van der Waals surface area contributed by atoms with E-state index < -0.39 is 0 Å². The topological polar surface area (TPSA) is 35.2 Å². The molecule has 1 rings (SSSR count). The second kappa shape index (κ2) is 7.07. The van der Waals surface area contributed by atoms with Crippen molar-refractivity contribution in [2.45, 2.75) is 53.0 Å². The van der Waals surface area contributed by atoms with Crippen LogP contribution in [0.25, 0.3) is 0 Å². The number of hydrogen-bond donors (Lipinski definition) is 1. The van der Waals surface area contributed by atoms with E-state index in [1.54, 1.807) is 12.1 Å². The molecule has 1 aromatic carbocycles. The fourth-order valence-electron chi connectivity index (χ4n) is 2.88. The van der Waals surface area contributed by atoms with Crippen molar-refractivity contribution in [1.82, 2.24) is 0 Å². The summed E-state index contributed by atoms with van der Waals surface area (Å²) in [6.45, 7) is 8.91. The molecule has 0 heterocycles. The molecule has 0 aliphatic heterocycles. The van der Waals surface area contributed by atoms with Gasteiger partial charge in [0.25, 0.3) is 0 Å². The highest BCUT2D eigenvalue weighted by molar-refractivity contribution is 5.31. The van der Waals surface area contributed by atoms with E-state index in [1.165, 1.54) is 7.11 Å². The Morgan fingerprint density at radius 3 is 2.50 bits per heavy atom. The molecule has 0 aliphatic rings. The maximum Gasteiger partial charge on any atom is 0.168 e. The molecule has 2 atom stereocenters. The Hall–Kier alpha value is -1.09. The van der Waals surface area contributed by atoms with E-state index in [-0.39, 0.29) is 17.6 Å². The summed E-state index contributed by atoms with van der Waals surface area (Å²) in [4.78, 5) is 0. The van der Waals surface area contributed by atoms with Gasteiger partial charge in [-0.2, -0.15) is 0 Å². The van der Waals surface area contributed by atoms with E-state index in [9.17, 15) is 4.39 Å². The first kappa shape index (κ1) is 17.0. The van der Waals surface area contributed by atoms with Gasteiger partial charge in [-0.1, -0.05) is 39.8 Å². The fraction of sp³-hybridized carbons (Fsp3) is 0.647. The third-order valence-corrected chi connectivity index (χ3v) is 3.41. The van der Waals surface area contributed by atoms with Gasteiger partial charge in [-0.3, -0.25) is 0 Å². The molecule has 20 heavy (non-hydrogen) atoms. The monoisotopic (exact) mass is 281 g/mol. The first-order chi connectivity index (χ1) is 9.23. The van der Waals surface area contributed by atoms with E-state index >= 15 is 0 Å². The summed E-state index contributed by atoms with van der Waals surface area (Å²) in [6, 6.07) is 5.20. The van der Waals surface area contributed by atoms with Gasteiger partial charge in [0, 0.05) is 6.04 Å². The summed E-state index contributed by atoms with van der Waals surface area (Å²) in [7, 11) is 1.48. The highest BCUT2D eigenvalue weighted by Gasteiger charge is 2.19. The summed E-state index contributed by atoms with van der Waals surface area (Å²) in [5, 5.41) is 0.